The zero-order valence-electron chi connectivity index (χ0n) is 9.77. The van der Waals surface area contributed by atoms with E-state index in [1.165, 1.54) is 16.3 Å². The summed E-state index contributed by atoms with van der Waals surface area (Å²) in [7, 11) is 5.87. The Balaban J connectivity index is 2.62. The lowest BCUT2D eigenvalue weighted by Gasteiger charge is -2.05. The molecule has 0 aliphatic carbocycles. The molecule has 0 spiro atoms. The predicted octanol–water partition coefficient (Wildman–Crippen LogP) is 3.08. The average Bonchev–Trinajstić information content (AvgIpc) is 2.63. The summed E-state index contributed by atoms with van der Waals surface area (Å²) in [5.74, 6) is 0. The van der Waals surface area contributed by atoms with Crippen LogP contribution in [0.2, 0.25) is 0 Å². The lowest BCUT2D eigenvalue weighted by Crippen LogP contribution is -2.00. The fourth-order valence-corrected chi connectivity index (χ4v) is 2.40. The number of para-hydroxylation sites is 1. The molecule has 2 aromatic carbocycles. The van der Waals surface area contributed by atoms with Crippen LogP contribution in [0.15, 0.2) is 49.0 Å². The van der Waals surface area contributed by atoms with Crippen LogP contribution >= 0.6 is 0 Å². The summed E-state index contributed by atoms with van der Waals surface area (Å²) in [6.45, 7) is 6.07. The molecule has 17 heavy (non-hydrogen) atoms. The van der Waals surface area contributed by atoms with Gasteiger partial charge in [0, 0.05) is 16.5 Å². The van der Waals surface area contributed by atoms with Crippen LogP contribution in [0.25, 0.3) is 27.5 Å². The van der Waals surface area contributed by atoms with E-state index < -0.39 is 0 Å². The second-order valence-corrected chi connectivity index (χ2v) is 4.36. The van der Waals surface area contributed by atoms with Gasteiger partial charge in [-0.15, -0.1) is 0 Å². The van der Waals surface area contributed by atoms with Gasteiger partial charge in [-0.25, -0.2) is 0 Å². The summed E-state index contributed by atoms with van der Waals surface area (Å²) in [4.78, 5) is 0. The summed E-state index contributed by atoms with van der Waals surface area (Å²) in [5.41, 5.74) is 4.15. The van der Waals surface area contributed by atoms with Crippen molar-refractivity contribution in [1.29, 1.82) is 0 Å². The molecule has 0 aliphatic heterocycles. The van der Waals surface area contributed by atoms with Crippen molar-refractivity contribution in [3.8, 4) is 0 Å². The van der Waals surface area contributed by atoms with E-state index in [-0.39, 0.29) is 0 Å². The molecule has 1 heterocycles. The highest BCUT2D eigenvalue weighted by Gasteiger charge is 2.09. The quantitative estimate of drug-likeness (QED) is 0.552. The van der Waals surface area contributed by atoms with Gasteiger partial charge in [0.2, 0.25) is 0 Å². The van der Waals surface area contributed by atoms with Crippen molar-refractivity contribution < 1.29 is 0 Å². The molecule has 0 saturated carbocycles. The maximum absolute atomic E-state index is 5.87. The molecule has 0 atom stereocenters. The Kier molecular flexibility index (Phi) is 2.12. The van der Waals surface area contributed by atoms with E-state index in [4.69, 9.17) is 7.85 Å². The smallest absolute Gasteiger partial charge is 0.113 e. The number of hydrogen-bond donors (Lipinski definition) is 0. The molecule has 0 aliphatic rings. The molecule has 0 N–H and O–H groups in total. The van der Waals surface area contributed by atoms with Crippen LogP contribution in [0.5, 0.6) is 0 Å². The highest BCUT2D eigenvalue weighted by atomic mass is 15.0. The Labute approximate surface area is 102 Å². The van der Waals surface area contributed by atoms with Crippen LogP contribution in [-0.2, 0) is 0 Å². The number of benzene rings is 2. The third kappa shape index (κ3) is 1.41. The number of fused-ring (bicyclic) bond motifs is 3. The molecule has 0 saturated heterocycles. The second-order valence-electron chi connectivity index (χ2n) is 4.36. The molecule has 2 heteroatoms. The monoisotopic (exact) mass is 217 g/mol. The van der Waals surface area contributed by atoms with Crippen LogP contribution in [0, 0.1) is 0 Å². The SMILES string of the molecule is [B]c1ccc2c(c1)c1ccccc1n2C(=C)C. The average molecular weight is 217 g/mol. The standard InChI is InChI=1S/C15H12BN/c1-10(2)17-14-6-4-3-5-12(14)13-9-11(16)7-8-15(13)17/h3-9H,1H2,2H3. The minimum Gasteiger partial charge on any atom is -0.314 e. The molecule has 0 fully saturated rings. The van der Waals surface area contributed by atoms with E-state index in [1.54, 1.807) is 0 Å². The Bertz CT molecular complexity index is 737. The minimum atomic E-state index is 0.794. The van der Waals surface area contributed by atoms with E-state index in [1.807, 2.05) is 31.2 Å². The first kappa shape index (κ1) is 10.2. The number of rotatable bonds is 1. The first-order valence-corrected chi connectivity index (χ1v) is 5.63. The summed E-state index contributed by atoms with van der Waals surface area (Å²) in [6.07, 6.45) is 0. The molecule has 0 amide bonds. The Hall–Kier alpha value is -1.96. The van der Waals surface area contributed by atoms with Gasteiger partial charge >= 0.3 is 0 Å². The van der Waals surface area contributed by atoms with Gasteiger partial charge in [-0.1, -0.05) is 42.4 Å². The van der Waals surface area contributed by atoms with Crippen molar-refractivity contribution >= 4 is 40.8 Å². The van der Waals surface area contributed by atoms with Crippen LogP contribution in [-0.4, -0.2) is 12.4 Å². The van der Waals surface area contributed by atoms with E-state index >= 15 is 0 Å². The molecule has 0 bridgehead atoms. The summed E-state index contributed by atoms with van der Waals surface area (Å²) < 4.78 is 2.17. The van der Waals surface area contributed by atoms with Crippen molar-refractivity contribution in [2.24, 2.45) is 0 Å². The highest BCUT2D eigenvalue weighted by molar-refractivity contribution is 6.34. The Morgan fingerprint density at radius 3 is 2.53 bits per heavy atom. The van der Waals surface area contributed by atoms with Gasteiger partial charge < -0.3 is 4.57 Å². The topological polar surface area (TPSA) is 4.93 Å². The Morgan fingerprint density at radius 2 is 1.76 bits per heavy atom. The summed E-state index contributed by atoms with van der Waals surface area (Å²) in [5, 5.41) is 2.40. The number of aromatic nitrogens is 1. The molecular formula is C15H12BN. The lowest BCUT2D eigenvalue weighted by molar-refractivity contribution is 1.21. The third-order valence-electron chi connectivity index (χ3n) is 3.08. The maximum atomic E-state index is 5.87. The molecule has 3 aromatic rings. The third-order valence-corrected chi connectivity index (χ3v) is 3.08. The van der Waals surface area contributed by atoms with Gasteiger partial charge in [-0.3, -0.25) is 0 Å². The van der Waals surface area contributed by atoms with Gasteiger partial charge in [-0.05, 0) is 19.1 Å². The molecule has 1 nitrogen and oxygen atoms in total. The van der Waals surface area contributed by atoms with Gasteiger partial charge in [0.05, 0.1) is 11.0 Å². The van der Waals surface area contributed by atoms with Crippen molar-refractivity contribution in [3.05, 3.63) is 49.0 Å². The van der Waals surface area contributed by atoms with Crippen LogP contribution < -0.4 is 5.46 Å². The first-order chi connectivity index (χ1) is 8.18. The van der Waals surface area contributed by atoms with Gasteiger partial charge in [-0.2, -0.15) is 0 Å². The number of allylic oxidation sites excluding steroid dienone is 1. The zero-order valence-corrected chi connectivity index (χ0v) is 9.77. The molecule has 80 valence electrons. The minimum absolute atomic E-state index is 0.794. The van der Waals surface area contributed by atoms with E-state index in [2.05, 4.69) is 29.3 Å². The molecular weight excluding hydrogens is 205 g/mol. The number of hydrogen-bond acceptors (Lipinski definition) is 0. The normalized spacial score (nSPS) is 11.1. The highest BCUT2D eigenvalue weighted by Crippen LogP contribution is 2.30. The van der Waals surface area contributed by atoms with E-state index in [0.717, 1.165) is 16.7 Å². The van der Waals surface area contributed by atoms with Crippen molar-refractivity contribution in [2.45, 2.75) is 6.92 Å². The lowest BCUT2D eigenvalue weighted by atomic mass is 9.94. The fourth-order valence-electron chi connectivity index (χ4n) is 2.40. The molecule has 2 radical (unpaired) electrons. The van der Waals surface area contributed by atoms with Gasteiger partial charge in [0.15, 0.2) is 0 Å². The second kappa shape index (κ2) is 3.52. The van der Waals surface area contributed by atoms with Gasteiger partial charge in [0.1, 0.15) is 7.85 Å². The van der Waals surface area contributed by atoms with E-state index in [9.17, 15) is 0 Å². The predicted molar refractivity (Wildman–Crippen MR) is 75.8 cm³/mol. The zero-order chi connectivity index (χ0) is 12.0. The van der Waals surface area contributed by atoms with Crippen molar-refractivity contribution in [2.75, 3.05) is 0 Å². The van der Waals surface area contributed by atoms with Crippen molar-refractivity contribution in [3.63, 3.8) is 0 Å². The fraction of sp³-hybridized carbons (Fsp3) is 0.0667. The first-order valence-electron chi connectivity index (χ1n) is 5.63. The van der Waals surface area contributed by atoms with Crippen molar-refractivity contribution in [1.82, 2.24) is 4.57 Å². The van der Waals surface area contributed by atoms with Crippen LogP contribution in [0.1, 0.15) is 6.92 Å². The largest absolute Gasteiger partial charge is 0.314 e. The summed E-state index contributed by atoms with van der Waals surface area (Å²) in [6, 6.07) is 14.3. The molecule has 1 aromatic heterocycles. The molecule has 3 rings (SSSR count). The maximum Gasteiger partial charge on any atom is 0.113 e. The van der Waals surface area contributed by atoms with Gasteiger partial charge in [0.25, 0.3) is 0 Å². The number of nitrogens with zero attached hydrogens (tertiary/aromatic N) is 1. The summed E-state index contributed by atoms with van der Waals surface area (Å²) >= 11 is 0. The molecule has 0 unspecified atom stereocenters. The Morgan fingerprint density at radius 1 is 1.06 bits per heavy atom. The van der Waals surface area contributed by atoms with Crippen LogP contribution in [0.4, 0.5) is 0 Å². The van der Waals surface area contributed by atoms with Crippen LogP contribution in [0.3, 0.4) is 0 Å². The van der Waals surface area contributed by atoms with E-state index in [0.29, 0.717) is 0 Å².